The van der Waals surface area contributed by atoms with Gasteiger partial charge in [0.25, 0.3) is 10.0 Å². The van der Waals surface area contributed by atoms with E-state index in [2.05, 4.69) is 5.32 Å². The first-order valence-corrected chi connectivity index (χ1v) is 18.3. The maximum absolute atomic E-state index is 14.6. The number of amides is 2. The lowest BCUT2D eigenvalue weighted by Gasteiger charge is -2.35. The Morgan fingerprint density at radius 1 is 0.878 bits per heavy atom. The molecule has 2 amide bonds. The zero-order valence-electron chi connectivity index (χ0n) is 27.4. The third-order valence-electron chi connectivity index (χ3n) is 8.61. The Morgan fingerprint density at radius 2 is 1.53 bits per heavy atom. The number of rotatable bonds is 14. The molecule has 1 N–H and O–H groups in total. The fourth-order valence-electron chi connectivity index (χ4n) is 6.02. The minimum absolute atomic E-state index is 0.0204. The van der Waals surface area contributed by atoms with E-state index < -0.39 is 34.3 Å². The molecular formula is C38H41ClFN3O5S. The van der Waals surface area contributed by atoms with Crippen molar-refractivity contribution in [3.63, 3.8) is 0 Å². The number of hydrogen-bond acceptors (Lipinski definition) is 5. The topological polar surface area (TPSA) is 96.0 Å². The molecule has 0 spiro atoms. The third kappa shape index (κ3) is 9.61. The fourth-order valence-corrected chi connectivity index (χ4v) is 7.56. The summed E-state index contributed by atoms with van der Waals surface area (Å²) in [5, 5.41) is 3.54. The van der Waals surface area contributed by atoms with E-state index in [9.17, 15) is 22.4 Å². The van der Waals surface area contributed by atoms with Crippen LogP contribution in [-0.2, 0) is 32.6 Å². The van der Waals surface area contributed by atoms with Gasteiger partial charge in [0, 0.05) is 24.0 Å². The van der Waals surface area contributed by atoms with Crippen LogP contribution in [0.1, 0.15) is 50.2 Å². The predicted molar refractivity (Wildman–Crippen MR) is 189 cm³/mol. The SMILES string of the molecule is CCOc1ccc(N(CC(=O)N(Cc2ccc(F)cc2)[C@H](Cc2ccccc2)C(=O)NC2CCCCC2)S(=O)(=O)c2ccc(Cl)cc2)cc1. The molecule has 0 unspecified atom stereocenters. The maximum Gasteiger partial charge on any atom is 0.264 e. The number of nitrogens with zero attached hydrogens (tertiary/aromatic N) is 2. The first-order valence-electron chi connectivity index (χ1n) is 16.5. The number of sulfonamides is 1. The Bertz CT molecular complexity index is 1780. The molecular weight excluding hydrogens is 665 g/mol. The van der Waals surface area contributed by atoms with Crippen LogP contribution < -0.4 is 14.4 Å². The van der Waals surface area contributed by atoms with Crippen molar-refractivity contribution in [1.82, 2.24) is 10.2 Å². The van der Waals surface area contributed by atoms with Gasteiger partial charge in [-0.1, -0.05) is 73.3 Å². The van der Waals surface area contributed by atoms with Gasteiger partial charge in [-0.15, -0.1) is 0 Å². The average Bonchev–Trinajstić information content (AvgIpc) is 3.11. The molecule has 0 radical (unpaired) electrons. The number of nitrogens with one attached hydrogen (secondary N) is 1. The molecule has 0 aromatic heterocycles. The first kappa shape index (κ1) is 35.9. The highest BCUT2D eigenvalue weighted by atomic mass is 35.5. The second-order valence-corrected chi connectivity index (χ2v) is 14.4. The largest absolute Gasteiger partial charge is 0.494 e. The molecule has 1 atom stereocenters. The summed E-state index contributed by atoms with van der Waals surface area (Å²) in [4.78, 5) is 30.2. The van der Waals surface area contributed by atoms with E-state index in [1.54, 1.807) is 36.4 Å². The van der Waals surface area contributed by atoms with E-state index in [0.717, 1.165) is 42.0 Å². The third-order valence-corrected chi connectivity index (χ3v) is 10.6. The highest BCUT2D eigenvalue weighted by Crippen LogP contribution is 2.28. The monoisotopic (exact) mass is 705 g/mol. The van der Waals surface area contributed by atoms with Gasteiger partial charge in [0.1, 0.15) is 24.2 Å². The zero-order chi connectivity index (χ0) is 34.8. The lowest BCUT2D eigenvalue weighted by atomic mass is 9.94. The van der Waals surface area contributed by atoms with E-state index in [-0.39, 0.29) is 35.5 Å². The maximum atomic E-state index is 14.6. The van der Waals surface area contributed by atoms with Gasteiger partial charge in [-0.3, -0.25) is 13.9 Å². The van der Waals surface area contributed by atoms with Crippen LogP contribution in [0.25, 0.3) is 0 Å². The van der Waals surface area contributed by atoms with Crippen molar-refractivity contribution < 1.29 is 27.1 Å². The van der Waals surface area contributed by atoms with Gasteiger partial charge in [-0.25, -0.2) is 12.8 Å². The Balaban J connectivity index is 1.56. The smallest absolute Gasteiger partial charge is 0.264 e. The standard InChI is InChI=1S/C38H41ClFN3O5S/c1-2-48-34-21-19-33(20-22-34)43(49(46,47)35-23-15-30(39)16-24-35)27-37(44)42(26-29-13-17-31(40)18-14-29)36(25-28-9-5-3-6-10-28)38(45)41-32-11-7-4-8-12-32/h3,5-6,9-10,13-24,32,36H,2,4,7-8,11-12,25-27H2,1H3,(H,41,45)/t36-/m1/s1. The predicted octanol–water partition coefficient (Wildman–Crippen LogP) is 7.16. The zero-order valence-corrected chi connectivity index (χ0v) is 29.0. The number of halogens is 2. The van der Waals surface area contributed by atoms with Crippen LogP contribution in [0.3, 0.4) is 0 Å². The summed E-state index contributed by atoms with van der Waals surface area (Å²) in [6, 6.07) is 26.2. The minimum Gasteiger partial charge on any atom is -0.494 e. The minimum atomic E-state index is -4.29. The molecule has 4 aromatic rings. The number of hydrogen-bond donors (Lipinski definition) is 1. The van der Waals surface area contributed by atoms with Crippen molar-refractivity contribution in [2.75, 3.05) is 17.5 Å². The van der Waals surface area contributed by atoms with Gasteiger partial charge < -0.3 is 15.0 Å². The van der Waals surface area contributed by atoms with E-state index in [4.69, 9.17) is 16.3 Å². The summed E-state index contributed by atoms with van der Waals surface area (Å²) in [5.74, 6) is -0.815. The van der Waals surface area contributed by atoms with Crippen molar-refractivity contribution in [3.05, 3.63) is 125 Å². The number of ether oxygens (including phenoxy) is 1. The van der Waals surface area contributed by atoms with Gasteiger partial charge in [0.15, 0.2) is 0 Å². The van der Waals surface area contributed by atoms with Crippen molar-refractivity contribution in [3.8, 4) is 5.75 Å². The van der Waals surface area contributed by atoms with E-state index >= 15 is 0 Å². The second kappa shape index (κ2) is 16.8. The Kier molecular flexibility index (Phi) is 12.3. The number of carbonyl (C=O) groups excluding carboxylic acids is 2. The molecule has 0 saturated heterocycles. The number of benzene rings is 4. The molecule has 1 aliphatic carbocycles. The van der Waals surface area contributed by atoms with Crippen LogP contribution in [0.4, 0.5) is 10.1 Å². The first-order chi connectivity index (χ1) is 23.6. The van der Waals surface area contributed by atoms with Crippen LogP contribution in [0.2, 0.25) is 5.02 Å². The molecule has 1 saturated carbocycles. The Morgan fingerprint density at radius 3 is 2.16 bits per heavy atom. The molecule has 0 bridgehead atoms. The van der Waals surface area contributed by atoms with Crippen LogP contribution in [0.5, 0.6) is 5.75 Å². The number of carbonyl (C=O) groups is 2. The van der Waals surface area contributed by atoms with Crippen molar-refractivity contribution >= 4 is 39.1 Å². The van der Waals surface area contributed by atoms with Crippen molar-refractivity contribution in [1.29, 1.82) is 0 Å². The molecule has 4 aromatic carbocycles. The molecule has 0 aliphatic heterocycles. The van der Waals surface area contributed by atoms with Crippen LogP contribution in [0.15, 0.2) is 108 Å². The van der Waals surface area contributed by atoms with E-state index in [1.165, 1.54) is 41.3 Å². The normalized spacial score (nSPS) is 14.1. The van der Waals surface area contributed by atoms with Gasteiger partial charge in [-0.2, -0.15) is 0 Å². The fraction of sp³-hybridized carbons (Fsp3) is 0.316. The van der Waals surface area contributed by atoms with Gasteiger partial charge in [0.2, 0.25) is 11.8 Å². The molecule has 11 heteroatoms. The Labute approximate surface area is 292 Å². The number of anilines is 1. The quantitative estimate of drug-likeness (QED) is 0.150. The molecule has 8 nitrogen and oxygen atoms in total. The van der Waals surface area contributed by atoms with E-state index in [0.29, 0.717) is 22.9 Å². The van der Waals surface area contributed by atoms with Crippen molar-refractivity contribution in [2.24, 2.45) is 0 Å². The summed E-state index contributed by atoms with van der Waals surface area (Å²) >= 11 is 6.07. The summed E-state index contributed by atoms with van der Waals surface area (Å²) in [6.45, 7) is 1.61. The summed E-state index contributed by atoms with van der Waals surface area (Å²) in [5.41, 5.74) is 1.66. The highest BCUT2D eigenvalue weighted by molar-refractivity contribution is 7.92. The van der Waals surface area contributed by atoms with Crippen molar-refractivity contribution in [2.45, 2.75) is 69.0 Å². The summed E-state index contributed by atoms with van der Waals surface area (Å²) in [6.07, 6.45) is 5.01. The summed E-state index contributed by atoms with van der Waals surface area (Å²) in [7, 11) is -4.29. The van der Waals surface area contributed by atoms with Crippen LogP contribution >= 0.6 is 11.6 Å². The molecule has 258 valence electrons. The van der Waals surface area contributed by atoms with Gasteiger partial charge >= 0.3 is 0 Å². The molecule has 1 fully saturated rings. The average molecular weight is 706 g/mol. The molecule has 5 rings (SSSR count). The Hall–Kier alpha value is -4.41. The van der Waals surface area contributed by atoms with Crippen LogP contribution in [0, 0.1) is 5.82 Å². The van der Waals surface area contributed by atoms with Gasteiger partial charge in [0.05, 0.1) is 17.2 Å². The second-order valence-electron chi connectivity index (χ2n) is 12.1. The lowest BCUT2D eigenvalue weighted by molar-refractivity contribution is -0.140. The van der Waals surface area contributed by atoms with E-state index in [1.807, 2.05) is 37.3 Å². The molecule has 49 heavy (non-hydrogen) atoms. The molecule has 0 heterocycles. The molecule has 1 aliphatic rings. The highest BCUT2D eigenvalue weighted by Gasteiger charge is 2.35. The van der Waals surface area contributed by atoms with Gasteiger partial charge in [-0.05, 0) is 91.6 Å². The summed E-state index contributed by atoms with van der Waals surface area (Å²) < 4.78 is 49.0. The van der Waals surface area contributed by atoms with Crippen LogP contribution in [-0.4, -0.2) is 50.4 Å². The lowest BCUT2D eigenvalue weighted by Crippen LogP contribution is -2.55.